The molecule has 0 aromatic carbocycles. The third-order valence-corrected chi connectivity index (χ3v) is 7.31. The largest absolute Gasteiger partial charge is 0.364 e. The summed E-state index contributed by atoms with van der Waals surface area (Å²) in [5.74, 6) is 0. The fourth-order valence-electron chi connectivity index (χ4n) is 5.39. The first-order valence-electron chi connectivity index (χ1n) is 12.2. The van der Waals surface area contributed by atoms with Gasteiger partial charge in [-0.15, -0.1) is 0 Å². The highest BCUT2D eigenvalue weighted by Crippen LogP contribution is 2.34. The molecule has 1 fully saturated rings. The van der Waals surface area contributed by atoms with Crippen LogP contribution in [0, 0.1) is 25.2 Å². The molecule has 34 heavy (non-hydrogen) atoms. The van der Waals surface area contributed by atoms with Crippen LogP contribution in [-0.4, -0.2) is 49.4 Å². The van der Waals surface area contributed by atoms with Gasteiger partial charge >= 0.3 is 0 Å². The van der Waals surface area contributed by atoms with Gasteiger partial charge in [0.05, 0.1) is 29.2 Å². The highest BCUT2D eigenvalue weighted by molar-refractivity contribution is 5.88. The molecule has 0 spiro atoms. The summed E-state index contributed by atoms with van der Waals surface area (Å²) in [4.78, 5) is 22.6. The van der Waals surface area contributed by atoms with Crippen molar-refractivity contribution in [2.24, 2.45) is 7.05 Å². The summed E-state index contributed by atoms with van der Waals surface area (Å²) in [6, 6.07) is 6.84. The van der Waals surface area contributed by atoms with Crippen LogP contribution in [0.5, 0.6) is 0 Å². The van der Waals surface area contributed by atoms with Crippen LogP contribution in [-0.2, 0) is 13.6 Å². The number of aromatic nitrogens is 4. The highest BCUT2D eigenvalue weighted by Gasteiger charge is 2.37. The normalized spacial score (nSPS) is 20.0. The number of pyridine rings is 2. The van der Waals surface area contributed by atoms with Gasteiger partial charge in [0.1, 0.15) is 12.1 Å². The molecule has 0 saturated carbocycles. The Bertz CT molecular complexity index is 1280. The fraction of sp³-hybridized carbons (Fsp3) is 0.538. The Hall–Kier alpha value is -3.18. The van der Waals surface area contributed by atoms with Crippen LogP contribution in [0.1, 0.15) is 56.5 Å². The van der Waals surface area contributed by atoms with E-state index in [-0.39, 0.29) is 24.2 Å². The monoisotopic (exact) mass is 461 g/mol. The van der Waals surface area contributed by atoms with Crippen LogP contribution in [0.4, 0.5) is 5.69 Å². The van der Waals surface area contributed by atoms with Gasteiger partial charge in [0.2, 0.25) is 0 Å². The molecule has 0 radical (unpaired) electrons. The standard InChI is InChI=1S/C26H35N7O/c1-7-20-15-33(22-12-24(34)30(6)23-16-31(10-9-27)29-26(22)23)21(8-2)14-32(20)19(5)25-18(4)11-17(3)13-28-25/h11-13,16,19-21H,7-8,10,14-15H2,1-6H3/t19?,20-,21+/m1/s1. The van der Waals surface area contributed by atoms with Crippen LogP contribution >= 0.6 is 0 Å². The molecule has 3 atom stereocenters. The van der Waals surface area contributed by atoms with Crippen LogP contribution in [0.25, 0.3) is 11.0 Å². The molecule has 0 N–H and O–H groups in total. The zero-order chi connectivity index (χ0) is 24.6. The molecule has 4 rings (SSSR count). The molecule has 0 amide bonds. The summed E-state index contributed by atoms with van der Waals surface area (Å²) < 4.78 is 3.23. The molecule has 1 saturated heterocycles. The first-order valence-corrected chi connectivity index (χ1v) is 12.2. The molecule has 0 aliphatic carbocycles. The van der Waals surface area contributed by atoms with E-state index in [2.05, 4.69) is 61.7 Å². The van der Waals surface area contributed by atoms with Gasteiger partial charge in [-0.3, -0.25) is 19.4 Å². The molecule has 3 aromatic rings. The maximum atomic E-state index is 12.8. The van der Waals surface area contributed by atoms with Crippen LogP contribution in [0.15, 0.2) is 29.3 Å². The van der Waals surface area contributed by atoms with Crippen molar-refractivity contribution in [1.82, 2.24) is 24.2 Å². The number of aryl methyl sites for hydroxylation is 3. The minimum absolute atomic E-state index is 0.0582. The molecule has 3 aromatic heterocycles. The van der Waals surface area contributed by atoms with Crippen LogP contribution in [0.3, 0.4) is 0 Å². The molecule has 8 nitrogen and oxygen atoms in total. The Morgan fingerprint density at radius 3 is 2.56 bits per heavy atom. The average Bonchev–Trinajstić information content (AvgIpc) is 3.24. The molecular formula is C26H35N7O. The predicted molar refractivity (Wildman–Crippen MR) is 135 cm³/mol. The number of nitriles is 1. The third-order valence-electron chi connectivity index (χ3n) is 7.31. The third kappa shape index (κ3) is 4.21. The van der Waals surface area contributed by atoms with E-state index in [1.807, 2.05) is 6.20 Å². The van der Waals surface area contributed by atoms with E-state index < -0.39 is 0 Å². The smallest absolute Gasteiger partial charge is 0.252 e. The summed E-state index contributed by atoms with van der Waals surface area (Å²) in [6.45, 7) is 12.8. The van der Waals surface area contributed by atoms with Crippen molar-refractivity contribution in [2.45, 2.75) is 72.1 Å². The lowest BCUT2D eigenvalue weighted by atomic mass is 9.97. The van der Waals surface area contributed by atoms with E-state index >= 15 is 0 Å². The zero-order valence-corrected chi connectivity index (χ0v) is 21.1. The van der Waals surface area contributed by atoms with Gasteiger partial charge in [0.25, 0.3) is 5.56 Å². The van der Waals surface area contributed by atoms with Crippen molar-refractivity contribution in [3.05, 3.63) is 51.7 Å². The first-order chi connectivity index (χ1) is 16.3. The van der Waals surface area contributed by atoms with E-state index in [9.17, 15) is 4.79 Å². The Morgan fingerprint density at radius 2 is 1.91 bits per heavy atom. The molecule has 1 unspecified atom stereocenters. The lowest BCUT2D eigenvalue weighted by Gasteiger charge is -2.49. The fourth-order valence-corrected chi connectivity index (χ4v) is 5.39. The van der Waals surface area contributed by atoms with Gasteiger partial charge in [-0.05, 0) is 44.7 Å². The molecular weight excluding hydrogens is 426 g/mol. The summed E-state index contributed by atoms with van der Waals surface area (Å²) >= 11 is 0. The number of anilines is 1. The second-order valence-electron chi connectivity index (χ2n) is 9.51. The molecule has 1 aliphatic rings. The van der Waals surface area contributed by atoms with Gasteiger partial charge in [-0.2, -0.15) is 10.4 Å². The average molecular weight is 462 g/mol. The minimum Gasteiger partial charge on any atom is -0.364 e. The second-order valence-corrected chi connectivity index (χ2v) is 9.51. The van der Waals surface area contributed by atoms with E-state index in [0.717, 1.165) is 48.3 Å². The summed E-state index contributed by atoms with van der Waals surface area (Å²) in [5, 5.41) is 13.8. The lowest BCUT2D eigenvalue weighted by molar-refractivity contribution is 0.0988. The Balaban J connectivity index is 1.73. The number of hydrogen-bond acceptors (Lipinski definition) is 6. The van der Waals surface area contributed by atoms with Crippen molar-refractivity contribution >= 4 is 16.7 Å². The van der Waals surface area contributed by atoms with Gasteiger partial charge < -0.3 is 9.47 Å². The van der Waals surface area contributed by atoms with E-state index in [0.29, 0.717) is 6.04 Å². The number of nitrogens with zero attached hydrogens (tertiary/aromatic N) is 7. The Kier molecular flexibility index (Phi) is 6.76. The molecule has 4 heterocycles. The van der Waals surface area contributed by atoms with Crippen molar-refractivity contribution in [1.29, 1.82) is 5.26 Å². The predicted octanol–water partition coefficient (Wildman–Crippen LogP) is 3.71. The topological polar surface area (TPSA) is 83.0 Å². The van der Waals surface area contributed by atoms with Crippen molar-refractivity contribution in [3.63, 3.8) is 0 Å². The zero-order valence-electron chi connectivity index (χ0n) is 21.1. The molecule has 0 bridgehead atoms. The number of hydrogen-bond donors (Lipinski definition) is 0. The molecule has 1 aliphatic heterocycles. The molecule has 180 valence electrons. The van der Waals surface area contributed by atoms with E-state index in [1.165, 1.54) is 11.1 Å². The summed E-state index contributed by atoms with van der Waals surface area (Å²) in [6.07, 6.45) is 5.71. The number of piperazine rings is 1. The number of fused-ring (bicyclic) bond motifs is 1. The minimum atomic E-state index is -0.0582. The SMILES string of the molecule is CC[C@H]1CN(C(C)c2ncc(C)cc2C)[C@H](CC)CN1c1cc(=O)n(C)c2cn(CC#N)nc12. The summed E-state index contributed by atoms with van der Waals surface area (Å²) in [5.41, 5.74) is 5.91. The molecule has 8 heteroatoms. The summed E-state index contributed by atoms with van der Waals surface area (Å²) in [7, 11) is 1.76. The van der Waals surface area contributed by atoms with Crippen molar-refractivity contribution in [2.75, 3.05) is 18.0 Å². The van der Waals surface area contributed by atoms with Gasteiger partial charge in [-0.1, -0.05) is 19.9 Å². The highest BCUT2D eigenvalue weighted by atomic mass is 16.1. The van der Waals surface area contributed by atoms with E-state index in [1.54, 1.807) is 28.6 Å². The maximum Gasteiger partial charge on any atom is 0.252 e. The second kappa shape index (κ2) is 9.59. The van der Waals surface area contributed by atoms with Gasteiger partial charge in [-0.25, -0.2) is 0 Å². The van der Waals surface area contributed by atoms with Gasteiger partial charge in [0.15, 0.2) is 0 Å². The van der Waals surface area contributed by atoms with Crippen molar-refractivity contribution in [3.8, 4) is 6.07 Å². The quantitative estimate of drug-likeness (QED) is 0.557. The van der Waals surface area contributed by atoms with Crippen LogP contribution < -0.4 is 10.5 Å². The van der Waals surface area contributed by atoms with Crippen molar-refractivity contribution < 1.29 is 0 Å². The lowest BCUT2D eigenvalue weighted by Crippen LogP contribution is -2.59. The maximum absolute atomic E-state index is 12.8. The number of rotatable bonds is 6. The van der Waals surface area contributed by atoms with E-state index in [4.69, 9.17) is 10.2 Å². The van der Waals surface area contributed by atoms with Gasteiger partial charge in [0, 0.05) is 50.5 Å². The Labute approximate surface area is 201 Å². The first kappa shape index (κ1) is 24.0. The van der Waals surface area contributed by atoms with Crippen LogP contribution in [0.2, 0.25) is 0 Å². The Morgan fingerprint density at radius 1 is 1.18 bits per heavy atom.